The van der Waals surface area contributed by atoms with Crippen LogP contribution in [-0.4, -0.2) is 4.98 Å². The topological polar surface area (TPSA) is 36.7 Å². The molecule has 1 aliphatic carbocycles. The third-order valence-corrected chi connectivity index (χ3v) is 4.77. The molecule has 0 aliphatic heterocycles. The zero-order chi connectivity index (χ0) is 12.3. The molecule has 0 radical (unpaired) electrons. The normalized spacial score (nSPS) is 28.9. The van der Waals surface area contributed by atoms with Gasteiger partial charge in [-0.3, -0.25) is 0 Å². The lowest BCUT2D eigenvalue weighted by atomic mass is 9.67. The van der Waals surface area contributed by atoms with Crippen LogP contribution in [-0.2, 0) is 6.42 Å². The van der Waals surface area contributed by atoms with Crippen LogP contribution in [0.5, 0.6) is 0 Å². The Kier molecular flexibility index (Phi) is 3.83. The first-order valence-electron chi connectivity index (χ1n) is 6.50. The molecule has 3 heteroatoms. The molecule has 1 fully saturated rings. The van der Waals surface area contributed by atoms with Gasteiger partial charge in [-0.15, -0.1) is 11.3 Å². The summed E-state index contributed by atoms with van der Waals surface area (Å²) in [5, 5.41) is 12.8. The Hall–Kier alpha value is -0.880. The molecule has 1 aliphatic rings. The second-order valence-corrected chi connectivity index (χ2v) is 6.36. The highest BCUT2D eigenvalue weighted by molar-refractivity contribution is 7.09. The van der Waals surface area contributed by atoms with Crippen molar-refractivity contribution >= 4 is 11.3 Å². The number of aryl methyl sites for hydroxylation is 1. The zero-order valence-electron chi connectivity index (χ0n) is 10.7. The van der Waals surface area contributed by atoms with Gasteiger partial charge in [0, 0.05) is 11.8 Å². The van der Waals surface area contributed by atoms with Crippen LogP contribution in [0.2, 0.25) is 0 Å². The minimum atomic E-state index is -0.139. The average Bonchev–Trinajstić information content (AvgIpc) is 2.75. The van der Waals surface area contributed by atoms with Crippen molar-refractivity contribution in [1.82, 2.24) is 4.98 Å². The van der Waals surface area contributed by atoms with Gasteiger partial charge in [0.05, 0.1) is 22.2 Å². The Labute approximate surface area is 108 Å². The van der Waals surface area contributed by atoms with E-state index in [1.165, 1.54) is 19.3 Å². The average molecular weight is 248 g/mol. The number of aromatic nitrogens is 1. The van der Waals surface area contributed by atoms with E-state index in [0.29, 0.717) is 0 Å². The Bertz CT molecular complexity index is 418. The van der Waals surface area contributed by atoms with Gasteiger partial charge in [0.15, 0.2) is 0 Å². The van der Waals surface area contributed by atoms with E-state index in [1.54, 1.807) is 11.3 Å². The van der Waals surface area contributed by atoms with Crippen molar-refractivity contribution in [2.45, 2.75) is 52.4 Å². The Balaban J connectivity index is 2.12. The summed E-state index contributed by atoms with van der Waals surface area (Å²) in [4.78, 5) is 4.52. The smallest absolute Gasteiger partial charge is 0.0897 e. The lowest BCUT2D eigenvalue weighted by Crippen LogP contribution is -2.29. The zero-order valence-corrected chi connectivity index (χ0v) is 11.5. The van der Waals surface area contributed by atoms with Crippen molar-refractivity contribution in [2.24, 2.45) is 11.3 Å². The SMILES string of the molecule is CCC1CCCC(C#N)(Cc2csc(C)n2)C1. The standard InChI is InChI=1S/C14H20N2S/c1-3-12-5-4-6-14(7-12,10-15)8-13-9-17-11(2)16-13/h9,12H,3-8H2,1-2H3. The summed E-state index contributed by atoms with van der Waals surface area (Å²) < 4.78 is 0. The highest BCUT2D eigenvalue weighted by Crippen LogP contribution is 2.42. The number of hydrogen-bond donors (Lipinski definition) is 0. The first-order chi connectivity index (χ1) is 8.17. The van der Waals surface area contributed by atoms with E-state index >= 15 is 0 Å². The molecule has 2 rings (SSSR count). The molecule has 0 saturated heterocycles. The summed E-state index contributed by atoms with van der Waals surface area (Å²) in [5.41, 5.74) is 0.977. The molecule has 0 spiro atoms. The Morgan fingerprint density at radius 1 is 1.65 bits per heavy atom. The van der Waals surface area contributed by atoms with Gasteiger partial charge in [0.2, 0.25) is 0 Å². The first kappa shape index (κ1) is 12.6. The summed E-state index contributed by atoms with van der Waals surface area (Å²) in [6.45, 7) is 4.27. The van der Waals surface area contributed by atoms with Crippen LogP contribution in [0.1, 0.15) is 49.7 Å². The van der Waals surface area contributed by atoms with Gasteiger partial charge >= 0.3 is 0 Å². The minimum absolute atomic E-state index is 0.139. The number of nitrogens with zero attached hydrogens (tertiary/aromatic N) is 2. The van der Waals surface area contributed by atoms with Crippen molar-refractivity contribution in [2.75, 3.05) is 0 Å². The van der Waals surface area contributed by atoms with Crippen LogP contribution in [0.15, 0.2) is 5.38 Å². The fourth-order valence-electron chi connectivity index (χ4n) is 2.97. The predicted octanol–water partition coefficient (Wildman–Crippen LogP) is 4.10. The van der Waals surface area contributed by atoms with E-state index in [2.05, 4.69) is 23.4 Å². The quantitative estimate of drug-likeness (QED) is 0.807. The van der Waals surface area contributed by atoms with E-state index in [1.807, 2.05) is 6.92 Å². The van der Waals surface area contributed by atoms with Gasteiger partial charge in [0.1, 0.15) is 0 Å². The molecule has 2 nitrogen and oxygen atoms in total. The third-order valence-electron chi connectivity index (χ3n) is 3.95. The number of rotatable bonds is 3. The van der Waals surface area contributed by atoms with Crippen LogP contribution < -0.4 is 0 Å². The molecule has 2 atom stereocenters. The van der Waals surface area contributed by atoms with E-state index < -0.39 is 0 Å². The highest BCUT2D eigenvalue weighted by Gasteiger charge is 2.36. The van der Waals surface area contributed by atoms with E-state index in [4.69, 9.17) is 0 Å². The summed E-state index contributed by atoms with van der Waals surface area (Å²) in [7, 11) is 0. The van der Waals surface area contributed by atoms with Crippen LogP contribution in [0.25, 0.3) is 0 Å². The second kappa shape index (κ2) is 5.18. The predicted molar refractivity (Wildman–Crippen MR) is 70.9 cm³/mol. The van der Waals surface area contributed by atoms with Crippen LogP contribution in [0.3, 0.4) is 0 Å². The van der Waals surface area contributed by atoms with Gasteiger partial charge in [-0.25, -0.2) is 4.98 Å². The molecule has 0 N–H and O–H groups in total. The fourth-order valence-corrected chi connectivity index (χ4v) is 3.58. The van der Waals surface area contributed by atoms with Crippen molar-refractivity contribution < 1.29 is 0 Å². The van der Waals surface area contributed by atoms with Gasteiger partial charge in [-0.2, -0.15) is 5.26 Å². The van der Waals surface area contributed by atoms with Crippen molar-refractivity contribution in [3.63, 3.8) is 0 Å². The molecule has 92 valence electrons. The Morgan fingerprint density at radius 3 is 3.06 bits per heavy atom. The van der Waals surface area contributed by atoms with Crippen LogP contribution >= 0.6 is 11.3 Å². The Morgan fingerprint density at radius 2 is 2.47 bits per heavy atom. The molecule has 2 unspecified atom stereocenters. The molecule has 1 heterocycles. The van der Waals surface area contributed by atoms with Crippen LogP contribution in [0.4, 0.5) is 0 Å². The molecular formula is C14H20N2S. The maximum Gasteiger partial charge on any atom is 0.0897 e. The molecule has 17 heavy (non-hydrogen) atoms. The second-order valence-electron chi connectivity index (χ2n) is 5.30. The minimum Gasteiger partial charge on any atom is -0.247 e. The summed E-state index contributed by atoms with van der Waals surface area (Å²) in [6, 6.07) is 2.60. The molecule has 1 aromatic heterocycles. The maximum atomic E-state index is 9.55. The molecule has 0 aromatic carbocycles. The lowest BCUT2D eigenvalue weighted by molar-refractivity contribution is 0.193. The van der Waals surface area contributed by atoms with Crippen LogP contribution in [0, 0.1) is 29.6 Å². The largest absolute Gasteiger partial charge is 0.247 e. The van der Waals surface area contributed by atoms with Crippen molar-refractivity contribution in [1.29, 1.82) is 5.26 Å². The molecule has 1 aromatic rings. The monoisotopic (exact) mass is 248 g/mol. The van der Waals surface area contributed by atoms with E-state index in [-0.39, 0.29) is 5.41 Å². The van der Waals surface area contributed by atoms with E-state index in [0.717, 1.165) is 35.9 Å². The summed E-state index contributed by atoms with van der Waals surface area (Å²) >= 11 is 1.69. The fraction of sp³-hybridized carbons (Fsp3) is 0.714. The van der Waals surface area contributed by atoms with Crippen molar-refractivity contribution in [3.8, 4) is 6.07 Å². The number of hydrogen-bond acceptors (Lipinski definition) is 3. The number of nitriles is 1. The highest BCUT2D eigenvalue weighted by atomic mass is 32.1. The first-order valence-corrected chi connectivity index (χ1v) is 7.38. The molecule has 0 bridgehead atoms. The van der Waals surface area contributed by atoms with Gasteiger partial charge in [0.25, 0.3) is 0 Å². The molecular weight excluding hydrogens is 228 g/mol. The van der Waals surface area contributed by atoms with Gasteiger partial charge in [-0.1, -0.05) is 26.2 Å². The summed E-state index contributed by atoms with van der Waals surface area (Å²) in [5.74, 6) is 0.739. The van der Waals surface area contributed by atoms with Crippen molar-refractivity contribution in [3.05, 3.63) is 16.1 Å². The molecule has 0 amide bonds. The molecule has 1 saturated carbocycles. The van der Waals surface area contributed by atoms with Gasteiger partial charge < -0.3 is 0 Å². The lowest BCUT2D eigenvalue weighted by Gasteiger charge is -2.35. The maximum absolute atomic E-state index is 9.55. The summed E-state index contributed by atoms with van der Waals surface area (Å²) in [6.07, 6.45) is 6.68. The van der Waals surface area contributed by atoms with Gasteiger partial charge in [-0.05, 0) is 25.7 Å². The number of thiazole rings is 1. The van der Waals surface area contributed by atoms with E-state index in [9.17, 15) is 5.26 Å². The third kappa shape index (κ3) is 2.87.